The summed E-state index contributed by atoms with van der Waals surface area (Å²) in [6, 6.07) is 8.76. The molecule has 2 saturated heterocycles. The fourth-order valence-corrected chi connectivity index (χ4v) is 7.74. The molecule has 0 spiro atoms. The molecular weight excluding hydrogens is 651 g/mol. The Labute approximate surface area is 291 Å². The van der Waals surface area contributed by atoms with Gasteiger partial charge in [0.1, 0.15) is 11.9 Å². The highest BCUT2D eigenvalue weighted by molar-refractivity contribution is 6.34. The van der Waals surface area contributed by atoms with Gasteiger partial charge in [0, 0.05) is 56.7 Å². The van der Waals surface area contributed by atoms with E-state index in [4.69, 9.17) is 21.1 Å². The van der Waals surface area contributed by atoms with E-state index in [0.717, 1.165) is 75.3 Å². The van der Waals surface area contributed by atoms with Crippen LogP contribution in [0.1, 0.15) is 80.6 Å². The monoisotopic (exact) mass is 696 g/mol. The van der Waals surface area contributed by atoms with Crippen LogP contribution in [0, 0.1) is 11.7 Å². The minimum absolute atomic E-state index is 0.103. The molecule has 2 atom stereocenters. The highest BCUT2D eigenvalue weighted by atomic mass is 35.5. The molecule has 0 radical (unpaired) electrons. The molecule has 2 unspecified atom stereocenters. The number of ether oxygens (including phenoxy) is 2. The van der Waals surface area contributed by atoms with Crippen LogP contribution in [0.5, 0.6) is 0 Å². The number of benzene rings is 2. The van der Waals surface area contributed by atoms with Gasteiger partial charge in [-0.15, -0.1) is 0 Å². The Kier molecular flexibility index (Phi) is 11.1. The summed E-state index contributed by atoms with van der Waals surface area (Å²) in [6.07, 6.45) is 7.56. The van der Waals surface area contributed by atoms with Crippen LogP contribution >= 0.6 is 11.6 Å². The van der Waals surface area contributed by atoms with Gasteiger partial charge < -0.3 is 24.5 Å². The number of carboxylic acids is 1. The number of rotatable bonds is 12. The third kappa shape index (κ3) is 7.71. The number of nitrogens with zero attached hydrogens (tertiary/aromatic N) is 3. The fourth-order valence-electron chi connectivity index (χ4n) is 7.51. The molecule has 2 N–H and O–H groups in total. The number of hydrogen-bond donors (Lipinski definition) is 2. The number of aliphatic carboxylic acids is 1. The quantitative estimate of drug-likeness (QED) is 0.204. The van der Waals surface area contributed by atoms with Crippen molar-refractivity contribution in [2.45, 2.75) is 89.4 Å². The minimum Gasteiger partial charge on any atom is -0.481 e. The maximum atomic E-state index is 15.5. The van der Waals surface area contributed by atoms with E-state index >= 15 is 4.39 Å². The average Bonchev–Trinajstić information content (AvgIpc) is 3.76. The lowest BCUT2D eigenvalue weighted by molar-refractivity contribution is -0.411. The Morgan fingerprint density at radius 3 is 2.29 bits per heavy atom. The Hall–Kier alpha value is -3.35. The number of carbonyl (C=O) groups is 3. The second-order valence-electron chi connectivity index (χ2n) is 13.7. The summed E-state index contributed by atoms with van der Waals surface area (Å²) in [6.45, 7) is 4.67. The third-order valence-corrected chi connectivity index (χ3v) is 10.6. The van der Waals surface area contributed by atoms with Crippen molar-refractivity contribution in [1.82, 2.24) is 14.4 Å². The van der Waals surface area contributed by atoms with Crippen molar-refractivity contribution in [1.29, 1.82) is 0 Å². The first kappa shape index (κ1) is 35.5. The van der Waals surface area contributed by atoms with Gasteiger partial charge in [-0.1, -0.05) is 36.2 Å². The number of carboxylic acid groups (broad SMARTS) is 1. The number of ketones is 1. The number of nitrogens with one attached hydrogen (secondary N) is 1. The zero-order valence-corrected chi connectivity index (χ0v) is 29.0. The van der Waals surface area contributed by atoms with Crippen molar-refractivity contribution >= 4 is 45.9 Å². The first-order valence-corrected chi connectivity index (χ1v) is 17.9. The topological polar surface area (TPSA) is 113 Å². The van der Waals surface area contributed by atoms with Crippen LogP contribution in [-0.4, -0.2) is 81.6 Å². The van der Waals surface area contributed by atoms with Crippen LogP contribution in [0.3, 0.4) is 0 Å². The summed E-state index contributed by atoms with van der Waals surface area (Å²) >= 11 is 6.55. The lowest BCUT2D eigenvalue weighted by atomic mass is 9.87. The van der Waals surface area contributed by atoms with E-state index in [-0.39, 0.29) is 40.5 Å². The fraction of sp³-hybridized carbons (Fsp3) is 0.541. The minimum atomic E-state index is -1.28. The van der Waals surface area contributed by atoms with E-state index in [2.05, 4.69) is 15.1 Å². The lowest BCUT2D eigenvalue weighted by Crippen LogP contribution is -2.67. The maximum absolute atomic E-state index is 15.5. The average molecular weight is 697 g/mol. The number of piperidine rings is 1. The molecule has 0 bridgehead atoms. The number of anilines is 1. The molecule has 10 nitrogen and oxygen atoms in total. The Morgan fingerprint density at radius 2 is 1.63 bits per heavy atom. The van der Waals surface area contributed by atoms with Gasteiger partial charge in [-0.05, 0) is 82.1 Å². The molecule has 264 valence electrons. The van der Waals surface area contributed by atoms with E-state index in [1.807, 2.05) is 35.9 Å². The van der Waals surface area contributed by atoms with E-state index in [0.29, 0.717) is 31.2 Å². The number of para-hydroxylation sites is 1. The van der Waals surface area contributed by atoms with E-state index in [1.54, 1.807) is 13.1 Å². The van der Waals surface area contributed by atoms with Gasteiger partial charge >= 0.3 is 5.97 Å². The predicted molar refractivity (Wildman–Crippen MR) is 185 cm³/mol. The van der Waals surface area contributed by atoms with Gasteiger partial charge in [0.25, 0.3) is 11.9 Å². The van der Waals surface area contributed by atoms with Crippen LogP contribution in [0.4, 0.5) is 10.1 Å². The predicted octanol–water partition coefficient (Wildman–Crippen LogP) is 6.59. The van der Waals surface area contributed by atoms with Crippen LogP contribution in [0.25, 0.3) is 10.9 Å². The van der Waals surface area contributed by atoms with Crippen molar-refractivity contribution < 1.29 is 33.4 Å². The Bertz CT molecular complexity index is 1680. The summed E-state index contributed by atoms with van der Waals surface area (Å²) in [5.41, 5.74) is 1.54. The normalized spacial score (nSPS) is 22.5. The number of carbonyl (C=O) groups excluding carboxylic acids is 2. The zero-order chi connectivity index (χ0) is 34.7. The summed E-state index contributed by atoms with van der Waals surface area (Å²) < 4.78 is 31.1. The van der Waals surface area contributed by atoms with Crippen LogP contribution < -0.4 is 5.32 Å². The van der Waals surface area contributed by atoms with Gasteiger partial charge in [0.2, 0.25) is 0 Å². The molecule has 3 heterocycles. The molecule has 12 heteroatoms. The SMILES string of the molecule is CC(OC(O[C@H]1CC[C@H](C(=O)O)CC1)(N1CCCCC1)N1CCCC1)C(=O)Cc1cc(Cl)c(NC(=O)c2cn(C)c3ccccc23)cc1F. The molecule has 49 heavy (non-hydrogen) atoms. The molecular formula is C37H46ClFN4O6. The van der Waals surface area contributed by atoms with Crippen molar-refractivity contribution in [3.8, 4) is 0 Å². The molecule has 3 fully saturated rings. The summed E-state index contributed by atoms with van der Waals surface area (Å²) in [4.78, 5) is 43.0. The summed E-state index contributed by atoms with van der Waals surface area (Å²) in [5.74, 6) is -2.57. The van der Waals surface area contributed by atoms with Crippen LogP contribution in [0.15, 0.2) is 42.6 Å². The molecule has 3 aliphatic rings. The number of fused-ring (bicyclic) bond motifs is 1. The molecule has 1 amide bonds. The lowest BCUT2D eigenvalue weighted by Gasteiger charge is -2.51. The van der Waals surface area contributed by atoms with Crippen molar-refractivity contribution in [2.75, 3.05) is 31.5 Å². The maximum Gasteiger partial charge on any atom is 0.306 e. The molecule has 2 aliphatic heterocycles. The van der Waals surface area contributed by atoms with Crippen LogP contribution in [-0.2, 0) is 32.5 Å². The highest BCUT2D eigenvalue weighted by Crippen LogP contribution is 2.38. The van der Waals surface area contributed by atoms with Gasteiger partial charge in [-0.25, -0.2) is 14.2 Å². The Balaban J connectivity index is 1.18. The van der Waals surface area contributed by atoms with Crippen molar-refractivity contribution in [3.63, 3.8) is 0 Å². The highest BCUT2D eigenvalue weighted by Gasteiger charge is 2.50. The summed E-state index contributed by atoms with van der Waals surface area (Å²) in [5, 5.41) is 13.1. The molecule has 1 saturated carbocycles. The number of aromatic nitrogens is 1. The van der Waals surface area contributed by atoms with Gasteiger partial charge in [0.15, 0.2) is 5.78 Å². The molecule has 1 aromatic heterocycles. The Morgan fingerprint density at radius 1 is 1.00 bits per heavy atom. The van der Waals surface area contributed by atoms with Crippen molar-refractivity contribution in [3.05, 3.63) is 64.6 Å². The largest absolute Gasteiger partial charge is 0.481 e. The standard InChI is InChI=1S/C37H46ClFN4O6/c1-24(48-37(43-18-8-9-19-43,42-16-6-3-7-17-42)49-27-14-12-25(13-15-27)36(46)47)34(44)21-26-20-30(38)32(22-31(26)39)40-35(45)29-23-41(2)33-11-5-4-10-28(29)33/h4-5,10-11,20,22-25,27H,3,6-9,12-19,21H2,1-2H3,(H,40,45)(H,46,47)/t24?,25-,27-,37?. The van der Waals surface area contributed by atoms with E-state index in [1.165, 1.54) is 6.07 Å². The third-order valence-electron chi connectivity index (χ3n) is 10.3. The number of Topliss-reactive ketones (excluding diaryl/α,β-unsaturated/α-hetero) is 1. The van der Waals surface area contributed by atoms with E-state index in [9.17, 15) is 19.5 Å². The van der Waals surface area contributed by atoms with Gasteiger partial charge in [-0.2, -0.15) is 0 Å². The number of hydrogen-bond acceptors (Lipinski definition) is 7. The summed E-state index contributed by atoms with van der Waals surface area (Å²) in [7, 11) is 1.85. The second-order valence-corrected chi connectivity index (χ2v) is 14.1. The van der Waals surface area contributed by atoms with E-state index < -0.39 is 29.8 Å². The molecule has 3 aromatic rings. The molecule has 1 aliphatic carbocycles. The zero-order valence-electron chi connectivity index (χ0n) is 28.3. The number of halogens is 2. The number of likely N-dealkylation sites (tertiary alicyclic amines) is 2. The van der Waals surface area contributed by atoms with Crippen molar-refractivity contribution in [2.24, 2.45) is 13.0 Å². The van der Waals surface area contributed by atoms with Crippen LogP contribution in [0.2, 0.25) is 5.02 Å². The first-order chi connectivity index (χ1) is 23.6. The smallest absolute Gasteiger partial charge is 0.306 e. The van der Waals surface area contributed by atoms with Gasteiger partial charge in [-0.3, -0.25) is 14.4 Å². The first-order valence-electron chi connectivity index (χ1n) is 17.5. The molecule has 6 rings (SSSR count). The van der Waals surface area contributed by atoms with Gasteiger partial charge in [0.05, 0.1) is 28.3 Å². The number of aryl methyl sites for hydroxylation is 1. The number of amides is 1. The second kappa shape index (κ2) is 15.3. The molecule has 2 aromatic carbocycles.